The quantitative estimate of drug-likeness (QED) is 0.341. The van der Waals surface area contributed by atoms with Crippen molar-refractivity contribution in [3.63, 3.8) is 0 Å². The van der Waals surface area contributed by atoms with E-state index in [2.05, 4.69) is 23.9 Å². The Morgan fingerprint density at radius 1 is 1.30 bits per heavy atom. The van der Waals surface area contributed by atoms with Crippen molar-refractivity contribution in [2.24, 2.45) is 5.16 Å². The largest absolute Gasteiger partial charge is 0.381 e. The van der Waals surface area contributed by atoms with E-state index < -0.39 is 0 Å². The number of hydrogen-bond donors (Lipinski definition) is 0. The van der Waals surface area contributed by atoms with Crippen LogP contribution in [0.15, 0.2) is 35.5 Å². The molecular formula is C15H22N2OS2. The molecule has 0 radical (unpaired) electrons. The van der Waals surface area contributed by atoms with Crippen LogP contribution < -0.4 is 0 Å². The number of hydrogen-bond acceptors (Lipinski definition) is 4. The molecule has 0 aliphatic rings. The Labute approximate surface area is 131 Å². The highest BCUT2D eigenvalue weighted by Crippen LogP contribution is 2.17. The Morgan fingerprint density at radius 3 is 2.45 bits per heavy atom. The van der Waals surface area contributed by atoms with Gasteiger partial charge >= 0.3 is 0 Å². The van der Waals surface area contributed by atoms with Gasteiger partial charge in [0.1, 0.15) is 4.32 Å². The van der Waals surface area contributed by atoms with Gasteiger partial charge in [0.2, 0.25) is 0 Å². The number of thioether (sulfide) groups is 1. The molecule has 0 heterocycles. The third kappa shape index (κ3) is 5.51. The molecule has 3 nitrogen and oxygen atoms in total. The normalized spacial score (nSPS) is 12.9. The Balaban J connectivity index is 2.51. The second kappa shape index (κ2) is 8.97. The van der Waals surface area contributed by atoms with Gasteiger partial charge in [0.25, 0.3) is 0 Å². The maximum absolute atomic E-state index is 5.50. The summed E-state index contributed by atoms with van der Waals surface area (Å²) in [5.41, 5.74) is 1.84. The van der Waals surface area contributed by atoms with Gasteiger partial charge in [0, 0.05) is 13.1 Å². The van der Waals surface area contributed by atoms with E-state index in [1.807, 2.05) is 44.2 Å². The topological polar surface area (TPSA) is 24.8 Å². The first kappa shape index (κ1) is 17.0. The van der Waals surface area contributed by atoms with E-state index in [9.17, 15) is 0 Å². The summed E-state index contributed by atoms with van der Waals surface area (Å²) in [6.07, 6.45) is 0. The molecule has 20 heavy (non-hydrogen) atoms. The molecular weight excluding hydrogens is 288 g/mol. The van der Waals surface area contributed by atoms with Crippen LogP contribution in [-0.4, -0.2) is 33.5 Å². The minimum atomic E-state index is -0.0956. The molecule has 0 aromatic heterocycles. The van der Waals surface area contributed by atoms with E-state index in [0.717, 1.165) is 28.7 Å². The first-order chi connectivity index (χ1) is 9.58. The van der Waals surface area contributed by atoms with E-state index in [1.165, 1.54) is 11.8 Å². The number of nitrogens with zero attached hydrogens (tertiary/aromatic N) is 2. The number of thiocarbonyl (C=S) groups is 1. The van der Waals surface area contributed by atoms with Gasteiger partial charge in [0.05, 0.1) is 5.71 Å². The second-order valence-electron chi connectivity index (χ2n) is 4.27. The lowest BCUT2D eigenvalue weighted by molar-refractivity contribution is 0.134. The van der Waals surface area contributed by atoms with Crippen LogP contribution in [0.25, 0.3) is 0 Å². The second-order valence-corrected chi connectivity index (χ2v) is 6.20. The molecule has 0 amide bonds. The monoisotopic (exact) mass is 310 g/mol. The Morgan fingerprint density at radius 2 is 1.90 bits per heavy atom. The zero-order valence-corrected chi connectivity index (χ0v) is 14.1. The zero-order valence-electron chi connectivity index (χ0n) is 12.5. The number of rotatable bonds is 6. The molecule has 1 unspecified atom stereocenters. The minimum absolute atomic E-state index is 0.0956. The summed E-state index contributed by atoms with van der Waals surface area (Å²) in [6.45, 7) is 9.93. The summed E-state index contributed by atoms with van der Waals surface area (Å²) >= 11 is 6.91. The Bertz CT molecular complexity index is 444. The van der Waals surface area contributed by atoms with Crippen LogP contribution in [0.2, 0.25) is 0 Å². The lowest BCUT2D eigenvalue weighted by atomic mass is 10.1. The summed E-state index contributed by atoms with van der Waals surface area (Å²) < 4.78 is 0.857. The van der Waals surface area contributed by atoms with Gasteiger partial charge in [-0.15, -0.1) is 0 Å². The summed E-state index contributed by atoms with van der Waals surface area (Å²) in [4.78, 5) is 7.64. The van der Waals surface area contributed by atoms with Crippen molar-refractivity contribution in [2.75, 3.05) is 13.1 Å². The molecule has 110 valence electrons. The van der Waals surface area contributed by atoms with Crippen molar-refractivity contribution >= 4 is 34.0 Å². The molecule has 0 N–H and O–H groups in total. The molecule has 0 aliphatic carbocycles. The first-order valence-corrected chi connectivity index (χ1v) is 8.08. The molecule has 0 saturated heterocycles. The van der Waals surface area contributed by atoms with Gasteiger partial charge in [-0.1, -0.05) is 47.7 Å². The van der Waals surface area contributed by atoms with Crippen molar-refractivity contribution in [1.82, 2.24) is 4.90 Å². The summed E-state index contributed by atoms with van der Waals surface area (Å²) in [6, 6.07) is 9.99. The molecule has 0 fully saturated rings. The predicted octanol–water partition coefficient (Wildman–Crippen LogP) is 4.13. The van der Waals surface area contributed by atoms with Crippen molar-refractivity contribution in [1.29, 1.82) is 0 Å². The molecule has 0 aliphatic heterocycles. The predicted molar refractivity (Wildman–Crippen MR) is 92.3 cm³/mol. The molecule has 0 bridgehead atoms. The van der Waals surface area contributed by atoms with E-state index >= 15 is 0 Å². The SMILES string of the molecule is CCN(CC)C(=S)SC(C)O/N=C(/C)c1ccccc1. The van der Waals surface area contributed by atoms with Crippen LogP contribution in [0.5, 0.6) is 0 Å². The van der Waals surface area contributed by atoms with Gasteiger partial charge in [-0.2, -0.15) is 0 Å². The lowest BCUT2D eigenvalue weighted by Gasteiger charge is -2.22. The highest BCUT2D eigenvalue weighted by molar-refractivity contribution is 8.23. The van der Waals surface area contributed by atoms with Gasteiger partial charge < -0.3 is 9.74 Å². The fraction of sp³-hybridized carbons (Fsp3) is 0.467. The van der Waals surface area contributed by atoms with E-state index in [1.54, 1.807) is 0 Å². The van der Waals surface area contributed by atoms with Gasteiger partial charge in [-0.05, 0) is 45.0 Å². The lowest BCUT2D eigenvalue weighted by Crippen LogP contribution is -2.28. The fourth-order valence-electron chi connectivity index (χ4n) is 1.61. The highest BCUT2D eigenvalue weighted by Gasteiger charge is 2.12. The van der Waals surface area contributed by atoms with Crippen LogP contribution in [0.3, 0.4) is 0 Å². The highest BCUT2D eigenvalue weighted by atomic mass is 32.2. The molecule has 1 atom stereocenters. The third-order valence-electron chi connectivity index (χ3n) is 2.82. The van der Waals surface area contributed by atoms with Crippen LogP contribution in [0.4, 0.5) is 0 Å². The number of benzene rings is 1. The van der Waals surface area contributed by atoms with Crippen LogP contribution >= 0.6 is 24.0 Å². The van der Waals surface area contributed by atoms with Gasteiger partial charge in [-0.25, -0.2) is 0 Å². The molecule has 0 spiro atoms. The van der Waals surface area contributed by atoms with Crippen LogP contribution in [0, 0.1) is 0 Å². The smallest absolute Gasteiger partial charge is 0.176 e. The van der Waals surface area contributed by atoms with Crippen molar-refractivity contribution in [3.8, 4) is 0 Å². The van der Waals surface area contributed by atoms with Gasteiger partial charge in [-0.3, -0.25) is 0 Å². The van der Waals surface area contributed by atoms with Gasteiger partial charge in [0.15, 0.2) is 5.44 Å². The maximum atomic E-state index is 5.50. The van der Waals surface area contributed by atoms with E-state index in [0.29, 0.717) is 0 Å². The zero-order chi connectivity index (χ0) is 15.0. The Kier molecular flexibility index (Phi) is 7.62. The third-order valence-corrected chi connectivity index (χ3v) is 4.24. The van der Waals surface area contributed by atoms with Crippen molar-refractivity contribution in [3.05, 3.63) is 35.9 Å². The standard InChI is InChI=1S/C15H22N2OS2/c1-5-17(6-2)15(19)20-13(4)18-16-12(3)14-10-8-7-9-11-14/h7-11,13H,5-6H2,1-4H3/b16-12-. The summed E-state index contributed by atoms with van der Waals surface area (Å²) in [5.74, 6) is 0. The number of oxime groups is 1. The molecule has 1 aromatic rings. The minimum Gasteiger partial charge on any atom is -0.381 e. The average Bonchev–Trinajstić information content (AvgIpc) is 2.47. The van der Waals surface area contributed by atoms with Crippen molar-refractivity contribution in [2.45, 2.75) is 33.1 Å². The molecule has 5 heteroatoms. The average molecular weight is 310 g/mol. The van der Waals surface area contributed by atoms with Crippen LogP contribution in [-0.2, 0) is 4.84 Å². The molecule has 1 aromatic carbocycles. The Hall–Kier alpha value is -1.07. The molecule has 1 rings (SSSR count). The first-order valence-electron chi connectivity index (χ1n) is 6.79. The fourth-order valence-corrected chi connectivity index (χ4v) is 3.05. The van der Waals surface area contributed by atoms with Crippen LogP contribution in [0.1, 0.15) is 33.3 Å². The molecule has 0 saturated carbocycles. The van der Waals surface area contributed by atoms with Crippen molar-refractivity contribution < 1.29 is 4.84 Å². The summed E-state index contributed by atoms with van der Waals surface area (Å²) in [7, 11) is 0. The maximum Gasteiger partial charge on any atom is 0.176 e. The summed E-state index contributed by atoms with van der Waals surface area (Å²) in [5, 5.41) is 4.18. The van der Waals surface area contributed by atoms with E-state index in [-0.39, 0.29) is 5.44 Å². The van der Waals surface area contributed by atoms with E-state index in [4.69, 9.17) is 17.1 Å².